The maximum Gasteiger partial charge on any atom is 0.262 e. The summed E-state index contributed by atoms with van der Waals surface area (Å²) in [4.78, 5) is 4.12. The number of imidazole rings is 1. The zero-order chi connectivity index (χ0) is 11.8. The van der Waals surface area contributed by atoms with Gasteiger partial charge < -0.3 is 4.57 Å². The summed E-state index contributed by atoms with van der Waals surface area (Å²) in [6.07, 6.45) is 1.62. The van der Waals surface area contributed by atoms with E-state index in [1.165, 1.54) is 4.31 Å². The Balaban J connectivity index is 2.35. The smallest absolute Gasteiger partial charge is 0.262 e. The van der Waals surface area contributed by atoms with Gasteiger partial charge in [0.1, 0.15) is 5.82 Å². The number of aromatic nitrogens is 2. The van der Waals surface area contributed by atoms with Crippen molar-refractivity contribution in [1.82, 2.24) is 13.9 Å². The minimum absolute atomic E-state index is 0.175. The van der Waals surface area contributed by atoms with E-state index in [0.29, 0.717) is 12.4 Å². The van der Waals surface area contributed by atoms with Crippen LogP contribution in [0.3, 0.4) is 0 Å². The van der Waals surface area contributed by atoms with E-state index >= 15 is 0 Å². The second-order valence-corrected chi connectivity index (χ2v) is 6.59. The number of thioether (sulfide) groups is 1. The minimum Gasteiger partial charge on any atom is -0.334 e. The lowest BCUT2D eigenvalue weighted by Gasteiger charge is -2.11. The molecule has 0 atom stereocenters. The standard InChI is InChI=1S/C9H15N3O2S2/c1-3-11-6-9(10-8(11)2)16(13,14)12-4-5-15-7-12/h6H,3-5,7H2,1-2H3. The van der Waals surface area contributed by atoms with E-state index in [9.17, 15) is 8.42 Å². The predicted octanol–water partition coefficient (Wildman–Crippen LogP) is 0.906. The van der Waals surface area contributed by atoms with Crippen molar-refractivity contribution in [2.75, 3.05) is 18.2 Å². The second kappa shape index (κ2) is 4.38. The molecule has 0 aliphatic carbocycles. The molecular weight excluding hydrogens is 246 g/mol. The fraction of sp³-hybridized carbons (Fsp3) is 0.667. The van der Waals surface area contributed by atoms with Crippen LogP contribution in [0.15, 0.2) is 11.2 Å². The van der Waals surface area contributed by atoms with Gasteiger partial charge in [-0.1, -0.05) is 0 Å². The number of sulfonamides is 1. The summed E-state index contributed by atoms with van der Waals surface area (Å²) in [5, 5.41) is 0.175. The van der Waals surface area contributed by atoms with Crippen molar-refractivity contribution in [2.45, 2.75) is 25.4 Å². The molecule has 2 heterocycles. The predicted molar refractivity (Wildman–Crippen MR) is 63.9 cm³/mol. The molecule has 0 unspecified atom stereocenters. The molecule has 1 aromatic rings. The number of aryl methyl sites for hydroxylation is 2. The van der Waals surface area contributed by atoms with Crippen molar-refractivity contribution in [2.24, 2.45) is 0 Å². The van der Waals surface area contributed by atoms with Crippen LogP contribution in [0.4, 0.5) is 0 Å². The summed E-state index contributed by atoms with van der Waals surface area (Å²) in [6, 6.07) is 0. The molecule has 90 valence electrons. The molecule has 0 bridgehead atoms. The van der Waals surface area contributed by atoms with E-state index < -0.39 is 10.0 Å². The van der Waals surface area contributed by atoms with E-state index in [-0.39, 0.29) is 5.03 Å². The van der Waals surface area contributed by atoms with Crippen molar-refractivity contribution >= 4 is 21.8 Å². The summed E-state index contributed by atoms with van der Waals surface area (Å²) in [6.45, 7) is 5.12. The SMILES string of the molecule is CCn1cc(S(=O)(=O)N2CCSC2)nc1C. The third-order valence-corrected chi connectivity index (χ3v) is 5.46. The maximum atomic E-state index is 12.2. The van der Waals surface area contributed by atoms with Gasteiger partial charge in [-0.05, 0) is 13.8 Å². The largest absolute Gasteiger partial charge is 0.334 e. The Labute approximate surface area is 99.9 Å². The van der Waals surface area contributed by atoms with Crippen LogP contribution in [0, 0.1) is 6.92 Å². The molecular formula is C9H15N3O2S2. The summed E-state index contributed by atoms with van der Waals surface area (Å²) in [5.74, 6) is 2.15. The van der Waals surface area contributed by atoms with Crippen LogP contribution in [-0.4, -0.2) is 40.4 Å². The van der Waals surface area contributed by atoms with Gasteiger partial charge in [0.25, 0.3) is 10.0 Å². The molecule has 0 spiro atoms. The van der Waals surface area contributed by atoms with E-state index in [0.717, 1.165) is 18.1 Å². The molecule has 1 saturated heterocycles. The fourth-order valence-corrected chi connectivity index (χ4v) is 4.45. The Kier molecular flexibility index (Phi) is 3.27. The van der Waals surface area contributed by atoms with Gasteiger partial charge >= 0.3 is 0 Å². The molecule has 0 aromatic carbocycles. The third kappa shape index (κ3) is 1.99. The first kappa shape index (κ1) is 11.9. The monoisotopic (exact) mass is 261 g/mol. The van der Waals surface area contributed by atoms with E-state index in [1.807, 2.05) is 18.4 Å². The molecule has 1 aliphatic heterocycles. The van der Waals surface area contributed by atoms with E-state index in [4.69, 9.17) is 0 Å². The Morgan fingerprint density at radius 1 is 1.56 bits per heavy atom. The van der Waals surface area contributed by atoms with Crippen LogP contribution in [0.1, 0.15) is 12.7 Å². The highest BCUT2D eigenvalue weighted by Gasteiger charge is 2.29. The van der Waals surface area contributed by atoms with Crippen LogP contribution in [0.5, 0.6) is 0 Å². The van der Waals surface area contributed by atoms with Gasteiger partial charge in [-0.2, -0.15) is 4.31 Å². The van der Waals surface area contributed by atoms with Gasteiger partial charge in [0.15, 0.2) is 5.03 Å². The van der Waals surface area contributed by atoms with Gasteiger partial charge in [0, 0.05) is 25.0 Å². The molecule has 1 fully saturated rings. The molecule has 2 rings (SSSR count). The highest BCUT2D eigenvalue weighted by atomic mass is 32.2. The van der Waals surface area contributed by atoms with Crippen molar-refractivity contribution < 1.29 is 8.42 Å². The van der Waals surface area contributed by atoms with Crippen LogP contribution in [0.25, 0.3) is 0 Å². The van der Waals surface area contributed by atoms with Crippen molar-refractivity contribution in [3.8, 4) is 0 Å². The van der Waals surface area contributed by atoms with Gasteiger partial charge in [-0.3, -0.25) is 0 Å². The molecule has 0 amide bonds. The zero-order valence-corrected chi connectivity index (χ0v) is 11.0. The lowest BCUT2D eigenvalue weighted by atomic mass is 10.6. The molecule has 0 saturated carbocycles. The molecule has 1 aliphatic rings. The number of hydrogen-bond donors (Lipinski definition) is 0. The fourth-order valence-electron chi connectivity index (χ4n) is 1.64. The summed E-state index contributed by atoms with van der Waals surface area (Å²) in [5.41, 5.74) is 0. The maximum absolute atomic E-state index is 12.2. The Morgan fingerprint density at radius 2 is 2.31 bits per heavy atom. The molecule has 16 heavy (non-hydrogen) atoms. The highest BCUT2D eigenvalue weighted by Crippen LogP contribution is 2.22. The first-order chi connectivity index (χ1) is 7.55. The van der Waals surface area contributed by atoms with E-state index in [2.05, 4.69) is 4.98 Å². The first-order valence-electron chi connectivity index (χ1n) is 5.17. The van der Waals surface area contributed by atoms with Crippen molar-refractivity contribution in [1.29, 1.82) is 0 Å². The Bertz CT molecular complexity index is 475. The highest BCUT2D eigenvalue weighted by molar-refractivity contribution is 8.00. The van der Waals surface area contributed by atoms with Crippen LogP contribution >= 0.6 is 11.8 Å². The number of nitrogens with zero attached hydrogens (tertiary/aromatic N) is 3. The first-order valence-corrected chi connectivity index (χ1v) is 7.77. The van der Waals surface area contributed by atoms with Crippen LogP contribution in [0.2, 0.25) is 0 Å². The summed E-state index contributed by atoms with van der Waals surface area (Å²) < 4.78 is 27.6. The lowest BCUT2D eigenvalue weighted by Crippen LogP contribution is -2.28. The average Bonchev–Trinajstić information content (AvgIpc) is 2.85. The Morgan fingerprint density at radius 3 is 2.81 bits per heavy atom. The third-order valence-electron chi connectivity index (χ3n) is 2.62. The normalized spacial score (nSPS) is 18.1. The summed E-state index contributed by atoms with van der Waals surface area (Å²) >= 11 is 1.63. The lowest BCUT2D eigenvalue weighted by molar-refractivity contribution is 0.486. The van der Waals surface area contributed by atoms with E-state index in [1.54, 1.807) is 18.0 Å². The second-order valence-electron chi connectivity index (χ2n) is 3.63. The quantitative estimate of drug-likeness (QED) is 0.811. The molecule has 7 heteroatoms. The summed E-state index contributed by atoms with van der Waals surface area (Å²) in [7, 11) is -3.37. The Hall–Kier alpha value is -0.530. The van der Waals surface area contributed by atoms with Crippen LogP contribution in [-0.2, 0) is 16.6 Å². The van der Waals surface area contributed by atoms with Gasteiger partial charge in [0.05, 0.1) is 5.88 Å². The van der Waals surface area contributed by atoms with Crippen molar-refractivity contribution in [3.05, 3.63) is 12.0 Å². The minimum atomic E-state index is -3.37. The van der Waals surface area contributed by atoms with Crippen molar-refractivity contribution in [3.63, 3.8) is 0 Å². The topological polar surface area (TPSA) is 55.2 Å². The molecule has 0 N–H and O–H groups in total. The molecule has 0 radical (unpaired) electrons. The van der Waals surface area contributed by atoms with Gasteiger partial charge in [0.2, 0.25) is 0 Å². The number of rotatable bonds is 3. The van der Waals surface area contributed by atoms with Crippen LogP contribution < -0.4 is 0 Å². The van der Waals surface area contributed by atoms with Gasteiger partial charge in [-0.15, -0.1) is 11.8 Å². The molecule has 5 nitrogen and oxygen atoms in total. The molecule has 1 aromatic heterocycles. The zero-order valence-electron chi connectivity index (χ0n) is 9.38. The number of hydrogen-bond acceptors (Lipinski definition) is 4. The average molecular weight is 261 g/mol. The van der Waals surface area contributed by atoms with Gasteiger partial charge in [-0.25, -0.2) is 13.4 Å².